The molecule has 0 bridgehead atoms. The quantitative estimate of drug-likeness (QED) is 0.106. The number of rotatable bonds is 10. The number of nitrogens with zero attached hydrogens (tertiary/aromatic N) is 4. The fraction of sp³-hybridized carbons (Fsp3) is 0.481. The minimum atomic E-state index is -0.933. The average molecular weight is 640 g/mol. The number of imidazole rings is 1. The summed E-state index contributed by atoms with van der Waals surface area (Å²) in [6.07, 6.45) is 1.99. The molecule has 0 saturated heterocycles. The summed E-state index contributed by atoms with van der Waals surface area (Å²) in [5, 5.41) is 5.71. The number of benzene rings is 1. The van der Waals surface area contributed by atoms with Crippen LogP contribution in [-0.2, 0) is 20.8 Å². The summed E-state index contributed by atoms with van der Waals surface area (Å²) in [5.74, 6) is 5.34. The molecule has 0 saturated carbocycles. The van der Waals surface area contributed by atoms with E-state index in [4.69, 9.17) is 43.3 Å². The number of fused-ring (bicyclic) bond motifs is 1. The van der Waals surface area contributed by atoms with E-state index in [9.17, 15) is 14.4 Å². The second-order valence-corrected chi connectivity index (χ2v) is 12.2. The zero-order valence-electron chi connectivity index (χ0n) is 24.8. The molecule has 0 fully saturated rings. The third-order valence-electron chi connectivity index (χ3n) is 5.55. The molecule has 5 N–H and O–H groups in total. The first kappa shape index (κ1) is 33.6. The molecule has 0 unspecified atom stereocenters. The Kier molecular flexibility index (Phi) is 11.0. The summed E-state index contributed by atoms with van der Waals surface area (Å²) in [4.78, 5) is 49.5. The molecule has 3 amide bonds. The Morgan fingerprint density at radius 3 is 2.33 bits per heavy atom. The van der Waals surface area contributed by atoms with Gasteiger partial charge in [0.1, 0.15) is 29.3 Å². The highest BCUT2D eigenvalue weighted by Gasteiger charge is 2.24. The van der Waals surface area contributed by atoms with E-state index in [1.807, 2.05) is 5.43 Å². The number of nitrogens with two attached hydrogens (primary N) is 1. The van der Waals surface area contributed by atoms with Gasteiger partial charge in [0.25, 0.3) is 5.91 Å². The number of carbonyl (C=O) groups excluding carboxylic acids is 3. The van der Waals surface area contributed by atoms with E-state index < -0.39 is 35.3 Å². The number of ether oxygens (including phenoxy) is 3. The number of aromatic nitrogens is 4. The van der Waals surface area contributed by atoms with Crippen LogP contribution in [0.5, 0.6) is 5.75 Å². The van der Waals surface area contributed by atoms with Crippen LogP contribution < -0.4 is 26.6 Å². The monoisotopic (exact) mass is 638 g/mol. The number of hydrazine groups is 1. The van der Waals surface area contributed by atoms with Gasteiger partial charge in [0.05, 0.1) is 29.5 Å². The number of carbonyl (C=O) groups is 3. The largest absolute Gasteiger partial charge is 0.493 e. The molecule has 0 spiro atoms. The van der Waals surface area contributed by atoms with Gasteiger partial charge in [0.2, 0.25) is 0 Å². The van der Waals surface area contributed by atoms with Gasteiger partial charge in [-0.2, -0.15) is 0 Å². The van der Waals surface area contributed by atoms with Crippen molar-refractivity contribution in [2.45, 2.75) is 78.2 Å². The zero-order chi connectivity index (χ0) is 31.9. The molecule has 1 atom stereocenters. The van der Waals surface area contributed by atoms with Crippen molar-refractivity contribution in [2.24, 2.45) is 5.84 Å². The number of alkyl carbamates (subject to hydrolysis) is 1. The molecule has 0 aliphatic carbocycles. The van der Waals surface area contributed by atoms with Gasteiger partial charge >= 0.3 is 12.2 Å². The SMILES string of the molecule is CC(C)(C)OC(=O)Nc1ncnc2c1ncn2Cc1c(OCCC[C@@H](NC(=O)OC(C)(C)C)C(=O)NN)ccc(Cl)c1Cl. The summed E-state index contributed by atoms with van der Waals surface area (Å²) in [6, 6.07) is 2.35. The van der Waals surface area contributed by atoms with Crippen LogP contribution in [0.2, 0.25) is 10.0 Å². The van der Waals surface area contributed by atoms with Gasteiger partial charge in [-0.25, -0.2) is 30.4 Å². The lowest BCUT2D eigenvalue weighted by atomic mass is 10.1. The van der Waals surface area contributed by atoms with Crippen LogP contribution in [0.25, 0.3) is 11.2 Å². The third-order valence-corrected chi connectivity index (χ3v) is 6.39. The first-order valence-electron chi connectivity index (χ1n) is 13.3. The summed E-state index contributed by atoms with van der Waals surface area (Å²) in [7, 11) is 0. The van der Waals surface area contributed by atoms with Crippen LogP contribution in [0, 0.1) is 0 Å². The first-order valence-corrected chi connectivity index (χ1v) is 14.1. The van der Waals surface area contributed by atoms with Crippen molar-refractivity contribution in [3.63, 3.8) is 0 Å². The predicted octanol–water partition coefficient (Wildman–Crippen LogP) is 4.57. The summed E-state index contributed by atoms with van der Waals surface area (Å²) < 4.78 is 18.3. The topological polar surface area (TPSA) is 185 Å². The number of hydrogen-bond donors (Lipinski definition) is 4. The highest BCUT2D eigenvalue weighted by Crippen LogP contribution is 2.34. The lowest BCUT2D eigenvalue weighted by Gasteiger charge is -2.23. The minimum Gasteiger partial charge on any atom is -0.493 e. The molecule has 2 aromatic heterocycles. The molecular weight excluding hydrogens is 603 g/mol. The normalized spacial score (nSPS) is 12.4. The molecule has 0 aliphatic heterocycles. The number of amides is 3. The zero-order valence-corrected chi connectivity index (χ0v) is 26.3. The maximum absolute atomic E-state index is 12.3. The Morgan fingerprint density at radius 1 is 1.00 bits per heavy atom. The molecule has 43 heavy (non-hydrogen) atoms. The molecule has 14 nitrogen and oxygen atoms in total. The molecule has 0 radical (unpaired) electrons. The van der Waals surface area contributed by atoms with Crippen molar-refractivity contribution >= 4 is 58.3 Å². The summed E-state index contributed by atoms with van der Waals surface area (Å²) in [6.45, 7) is 10.7. The molecule has 1 aromatic carbocycles. The van der Waals surface area contributed by atoms with E-state index >= 15 is 0 Å². The summed E-state index contributed by atoms with van der Waals surface area (Å²) >= 11 is 12.9. The number of nitrogens with one attached hydrogen (secondary N) is 3. The Labute approximate surface area is 258 Å². The van der Waals surface area contributed by atoms with E-state index in [0.717, 1.165) is 0 Å². The lowest BCUT2D eigenvalue weighted by molar-refractivity contribution is -0.123. The second-order valence-electron chi connectivity index (χ2n) is 11.4. The van der Waals surface area contributed by atoms with Crippen molar-refractivity contribution in [1.29, 1.82) is 0 Å². The second kappa shape index (κ2) is 14.1. The van der Waals surface area contributed by atoms with Crippen molar-refractivity contribution in [3.8, 4) is 5.75 Å². The molecule has 0 aliphatic rings. The van der Waals surface area contributed by atoms with Gasteiger partial charge in [0, 0.05) is 5.56 Å². The van der Waals surface area contributed by atoms with Crippen LogP contribution in [0.15, 0.2) is 24.8 Å². The van der Waals surface area contributed by atoms with Gasteiger partial charge in [-0.1, -0.05) is 23.2 Å². The van der Waals surface area contributed by atoms with Crippen LogP contribution in [0.3, 0.4) is 0 Å². The van der Waals surface area contributed by atoms with Gasteiger partial charge in [-0.05, 0) is 66.5 Å². The van der Waals surface area contributed by atoms with Crippen molar-refractivity contribution in [3.05, 3.63) is 40.4 Å². The Morgan fingerprint density at radius 2 is 1.67 bits per heavy atom. The van der Waals surface area contributed by atoms with Crippen LogP contribution in [-0.4, -0.2) is 61.5 Å². The van der Waals surface area contributed by atoms with Gasteiger partial charge < -0.3 is 24.1 Å². The van der Waals surface area contributed by atoms with Crippen molar-refractivity contribution in [2.75, 3.05) is 11.9 Å². The van der Waals surface area contributed by atoms with E-state index in [0.29, 0.717) is 33.9 Å². The minimum absolute atomic E-state index is 0.173. The van der Waals surface area contributed by atoms with Gasteiger partial charge in [-0.15, -0.1) is 0 Å². The highest BCUT2D eigenvalue weighted by molar-refractivity contribution is 6.42. The number of anilines is 1. The third kappa shape index (κ3) is 9.83. The smallest absolute Gasteiger partial charge is 0.413 e. The summed E-state index contributed by atoms with van der Waals surface area (Å²) in [5.41, 5.74) is 1.94. The van der Waals surface area contributed by atoms with Gasteiger partial charge in [-0.3, -0.25) is 15.5 Å². The fourth-order valence-corrected chi connectivity index (χ4v) is 4.20. The van der Waals surface area contributed by atoms with Crippen LogP contribution >= 0.6 is 23.2 Å². The molecular formula is C27H36Cl2N8O6. The Bertz CT molecular complexity index is 1470. The highest BCUT2D eigenvalue weighted by atomic mass is 35.5. The van der Waals surface area contributed by atoms with Crippen molar-refractivity contribution in [1.82, 2.24) is 30.3 Å². The Hall–Kier alpha value is -3.88. The first-order chi connectivity index (χ1) is 20.1. The maximum atomic E-state index is 12.3. The molecule has 16 heteroatoms. The van der Waals surface area contributed by atoms with E-state index in [2.05, 4.69) is 25.6 Å². The predicted molar refractivity (Wildman–Crippen MR) is 161 cm³/mol. The van der Waals surface area contributed by atoms with E-state index in [1.165, 1.54) is 12.7 Å². The van der Waals surface area contributed by atoms with Crippen LogP contribution in [0.1, 0.15) is 59.9 Å². The van der Waals surface area contributed by atoms with Crippen LogP contribution in [0.4, 0.5) is 15.4 Å². The molecule has 2 heterocycles. The fourth-order valence-electron chi connectivity index (χ4n) is 3.80. The number of hydrogen-bond acceptors (Lipinski definition) is 10. The standard InChI is InChI=1S/C27H36Cl2N8O6/c1-26(2,3)42-24(39)34-17(23(38)36-30)8-7-11-41-18-10-9-16(28)19(29)15(18)12-37-14-33-20-21(31-13-32-22(20)37)35-25(40)43-27(4,5)6/h9-10,13-14,17H,7-8,11-12,30H2,1-6H3,(H,34,39)(H,36,38)(H,31,32,35,40)/t17-/m1/s1. The lowest BCUT2D eigenvalue weighted by Crippen LogP contribution is -2.50. The van der Waals surface area contributed by atoms with Gasteiger partial charge in [0.15, 0.2) is 17.0 Å². The molecule has 3 rings (SSSR count). The average Bonchev–Trinajstić information content (AvgIpc) is 3.30. The maximum Gasteiger partial charge on any atom is 0.413 e. The number of halogens is 2. The van der Waals surface area contributed by atoms with E-state index in [-0.39, 0.29) is 30.4 Å². The Balaban J connectivity index is 1.73. The van der Waals surface area contributed by atoms with Crippen molar-refractivity contribution < 1.29 is 28.6 Å². The van der Waals surface area contributed by atoms with E-state index in [1.54, 1.807) is 58.2 Å². The molecule has 3 aromatic rings. The molecule has 234 valence electrons.